The van der Waals surface area contributed by atoms with Crippen LogP contribution in [0.1, 0.15) is 10.4 Å². The van der Waals surface area contributed by atoms with E-state index in [1.165, 1.54) is 44.1 Å². The van der Waals surface area contributed by atoms with E-state index in [1.807, 2.05) is 6.26 Å². The highest BCUT2D eigenvalue weighted by Crippen LogP contribution is 2.20. The van der Waals surface area contributed by atoms with Gasteiger partial charge in [0.1, 0.15) is 0 Å². The number of nitrogens with zero attached hydrogens (tertiary/aromatic N) is 1. The summed E-state index contributed by atoms with van der Waals surface area (Å²) < 4.78 is 30.8. The molecular weight excluding hydrogens is 388 g/mol. The van der Waals surface area contributed by atoms with Gasteiger partial charge in [0.15, 0.2) is 0 Å². The van der Waals surface area contributed by atoms with Gasteiger partial charge in [-0.3, -0.25) is 4.79 Å². The maximum absolute atomic E-state index is 12.6. The lowest BCUT2D eigenvalue weighted by Crippen LogP contribution is -2.35. The molecule has 0 aliphatic heterocycles. The molecule has 7 nitrogen and oxygen atoms in total. The summed E-state index contributed by atoms with van der Waals surface area (Å²) in [6, 6.07) is 12.6. The Balaban J connectivity index is 2.07. The van der Waals surface area contributed by atoms with Crippen LogP contribution in [-0.2, 0) is 19.6 Å². The highest BCUT2D eigenvalue weighted by atomic mass is 32.2. The third-order valence-electron chi connectivity index (χ3n) is 3.70. The topological polar surface area (TPSA) is 92.8 Å². The molecule has 9 heteroatoms. The number of carbonyl (C=O) groups is 2. The number of amides is 1. The number of esters is 1. The summed E-state index contributed by atoms with van der Waals surface area (Å²) in [6.07, 6.45) is 1.90. The number of anilines is 1. The molecule has 0 saturated heterocycles. The Labute approximate surface area is 162 Å². The SMILES string of the molecule is COC(=O)c1cccc(NC(=O)CN(C)S(=O)(=O)c2ccc(SC)cc2)c1. The zero-order valence-electron chi connectivity index (χ0n) is 15.1. The number of thioether (sulfide) groups is 1. The fourth-order valence-electron chi connectivity index (χ4n) is 2.26. The molecule has 144 valence electrons. The Bertz CT molecular complexity index is 927. The van der Waals surface area contributed by atoms with Crippen LogP contribution in [0.15, 0.2) is 58.3 Å². The number of ether oxygens (including phenoxy) is 1. The highest BCUT2D eigenvalue weighted by Gasteiger charge is 2.23. The van der Waals surface area contributed by atoms with E-state index in [0.29, 0.717) is 5.69 Å². The normalized spacial score (nSPS) is 11.3. The predicted molar refractivity (Wildman–Crippen MR) is 104 cm³/mol. The summed E-state index contributed by atoms with van der Waals surface area (Å²) in [5.74, 6) is -1.05. The van der Waals surface area contributed by atoms with Crippen molar-refractivity contribution in [3.8, 4) is 0 Å². The number of sulfonamides is 1. The van der Waals surface area contributed by atoms with Gasteiger partial charge in [0.2, 0.25) is 15.9 Å². The average Bonchev–Trinajstić information content (AvgIpc) is 2.67. The quantitative estimate of drug-likeness (QED) is 0.559. The van der Waals surface area contributed by atoms with Crippen LogP contribution in [0.3, 0.4) is 0 Å². The monoisotopic (exact) mass is 408 g/mol. The van der Waals surface area contributed by atoms with Crippen LogP contribution in [0, 0.1) is 0 Å². The van der Waals surface area contributed by atoms with Crippen molar-refractivity contribution < 1.29 is 22.7 Å². The second-order valence-electron chi connectivity index (χ2n) is 5.56. The van der Waals surface area contributed by atoms with Crippen molar-refractivity contribution in [2.24, 2.45) is 0 Å². The van der Waals surface area contributed by atoms with Crippen molar-refractivity contribution in [2.75, 3.05) is 32.3 Å². The number of nitrogens with one attached hydrogen (secondary N) is 1. The van der Waals surface area contributed by atoms with E-state index in [9.17, 15) is 18.0 Å². The minimum atomic E-state index is -3.79. The van der Waals surface area contributed by atoms with Gasteiger partial charge in [0.25, 0.3) is 0 Å². The van der Waals surface area contributed by atoms with E-state index >= 15 is 0 Å². The van der Waals surface area contributed by atoms with Gasteiger partial charge in [0, 0.05) is 17.6 Å². The lowest BCUT2D eigenvalue weighted by atomic mass is 10.2. The van der Waals surface area contributed by atoms with Crippen molar-refractivity contribution in [3.05, 3.63) is 54.1 Å². The highest BCUT2D eigenvalue weighted by molar-refractivity contribution is 7.98. The third-order valence-corrected chi connectivity index (χ3v) is 6.26. The van der Waals surface area contributed by atoms with E-state index in [2.05, 4.69) is 10.1 Å². The van der Waals surface area contributed by atoms with Gasteiger partial charge in [-0.25, -0.2) is 13.2 Å². The van der Waals surface area contributed by atoms with Crippen molar-refractivity contribution >= 4 is 39.3 Å². The number of carbonyl (C=O) groups excluding carboxylic acids is 2. The van der Waals surface area contributed by atoms with E-state index in [0.717, 1.165) is 9.20 Å². The van der Waals surface area contributed by atoms with Crippen molar-refractivity contribution in [3.63, 3.8) is 0 Å². The lowest BCUT2D eigenvalue weighted by molar-refractivity contribution is -0.116. The Morgan fingerprint density at radius 1 is 1.15 bits per heavy atom. The number of benzene rings is 2. The summed E-state index contributed by atoms with van der Waals surface area (Å²) in [5.41, 5.74) is 0.656. The molecule has 0 aromatic heterocycles. The summed E-state index contributed by atoms with van der Waals surface area (Å²) >= 11 is 1.51. The first kappa shape index (κ1) is 20.9. The van der Waals surface area contributed by atoms with Gasteiger partial charge in [-0.05, 0) is 48.7 Å². The zero-order chi connectivity index (χ0) is 20.0. The smallest absolute Gasteiger partial charge is 0.337 e. The van der Waals surface area contributed by atoms with E-state index in [4.69, 9.17) is 0 Å². The van der Waals surface area contributed by atoms with Crippen LogP contribution in [-0.4, -0.2) is 51.6 Å². The summed E-state index contributed by atoms with van der Waals surface area (Å²) in [6.45, 7) is -0.366. The summed E-state index contributed by atoms with van der Waals surface area (Å²) in [4.78, 5) is 24.8. The molecule has 27 heavy (non-hydrogen) atoms. The molecule has 0 fully saturated rings. The molecule has 0 radical (unpaired) electrons. The standard InChI is InChI=1S/C18H20N2O5S2/c1-20(27(23,24)16-9-7-15(26-3)8-10-16)12-17(21)19-14-6-4-5-13(11-14)18(22)25-2/h4-11H,12H2,1-3H3,(H,19,21). The Morgan fingerprint density at radius 2 is 1.81 bits per heavy atom. The third kappa shape index (κ3) is 5.31. The second kappa shape index (κ2) is 9.03. The van der Waals surface area contributed by atoms with Gasteiger partial charge >= 0.3 is 5.97 Å². The van der Waals surface area contributed by atoms with Crippen LogP contribution in [0.2, 0.25) is 0 Å². The van der Waals surface area contributed by atoms with Crippen LogP contribution in [0.25, 0.3) is 0 Å². The molecule has 2 rings (SSSR count). The van der Waals surface area contributed by atoms with Crippen molar-refractivity contribution in [2.45, 2.75) is 9.79 Å². The van der Waals surface area contributed by atoms with Crippen LogP contribution < -0.4 is 5.32 Å². The molecule has 2 aromatic rings. The van der Waals surface area contributed by atoms with Gasteiger partial charge < -0.3 is 10.1 Å². The molecule has 1 N–H and O–H groups in total. The number of likely N-dealkylation sites (N-methyl/N-ethyl adjacent to an activating group) is 1. The Hall–Kier alpha value is -2.36. The molecular formula is C18H20N2O5S2. The number of hydrogen-bond acceptors (Lipinski definition) is 6. The minimum Gasteiger partial charge on any atom is -0.465 e. The predicted octanol–water partition coefficient (Wildman–Crippen LogP) is 2.45. The summed E-state index contributed by atoms with van der Waals surface area (Å²) in [7, 11) is -1.19. The molecule has 2 aromatic carbocycles. The summed E-state index contributed by atoms with van der Waals surface area (Å²) in [5, 5.41) is 2.58. The first-order valence-electron chi connectivity index (χ1n) is 7.86. The van der Waals surface area contributed by atoms with E-state index in [-0.39, 0.29) is 17.0 Å². The first-order valence-corrected chi connectivity index (χ1v) is 10.5. The molecule has 0 saturated carbocycles. The Kier molecular flexibility index (Phi) is 7.00. The maximum Gasteiger partial charge on any atom is 0.337 e. The Morgan fingerprint density at radius 3 is 2.41 bits per heavy atom. The zero-order valence-corrected chi connectivity index (χ0v) is 16.8. The second-order valence-corrected chi connectivity index (χ2v) is 8.48. The number of rotatable bonds is 7. The first-order chi connectivity index (χ1) is 12.8. The van der Waals surface area contributed by atoms with Gasteiger partial charge in [-0.1, -0.05) is 6.07 Å². The fraction of sp³-hybridized carbons (Fsp3) is 0.222. The molecule has 0 atom stereocenters. The lowest BCUT2D eigenvalue weighted by Gasteiger charge is -2.17. The van der Waals surface area contributed by atoms with E-state index in [1.54, 1.807) is 30.3 Å². The number of hydrogen-bond donors (Lipinski definition) is 1. The molecule has 0 spiro atoms. The van der Waals surface area contributed by atoms with Crippen molar-refractivity contribution in [1.82, 2.24) is 4.31 Å². The van der Waals surface area contributed by atoms with E-state index < -0.39 is 21.9 Å². The maximum atomic E-state index is 12.6. The van der Waals surface area contributed by atoms with Crippen LogP contribution in [0.5, 0.6) is 0 Å². The van der Waals surface area contributed by atoms with Crippen LogP contribution >= 0.6 is 11.8 Å². The molecule has 1 amide bonds. The molecule has 0 bridgehead atoms. The minimum absolute atomic E-state index is 0.114. The van der Waals surface area contributed by atoms with Gasteiger partial charge in [-0.15, -0.1) is 11.8 Å². The van der Waals surface area contributed by atoms with Gasteiger partial charge in [0.05, 0.1) is 24.1 Å². The molecule has 0 aliphatic carbocycles. The van der Waals surface area contributed by atoms with Crippen LogP contribution in [0.4, 0.5) is 5.69 Å². The molecule has 0 heterocycles. The largest absolute Gasteiger partial charge is 0.465 e. The molecule has 0 unspecified atom stereocenters. The number of methoxy groups -OCH3 is 1. The average molecular weight is 409 g/mol. The van der Waals surface area contributed by atoms with Gasteiger partial charge in [-0.2, -0.15) is 4.31 Å². The molecule has 0 aliphatic rings. The van der Waals surface area contributed by atoms with Crippen molar-refractivity contribution in [1.29, 1.82) is 0 Å². The fourth-order valence-corrected chi connectivity index (χ4v) is 3.79.